The molecule has 0 unspecified atom stereocenters. The van der Waals surface area contributed by atoms with Gasteiger partial charge in [-0.25, -0.2) is 0 Å². The third-order valence-electron chi connectivity index (χ3n) is 1.87. The molecule has 1 aliphatic rings. The molecule has 1 rings (SSSR count). The molecule has 0 aromatic rings. The van der Waals surface area contributed by atoms with Crippen molar-refractivity contribution in [3.63, 3.8) is 0 Å². The fourth-order valence-corrected chi connectivity index (χ4v) is 1.79. The van der Waals surface area contributed by atoms with Gasteiger partial charge in [-0.2, -0.15) is 0 Å². The number of rotatable bonds is 1. The van der Waals surface area contributed by atoms with Gasteiger partial charge < -0.3 is 4.74 Å². The molecular formula is C10H19NOSi. The second-order valence-corrected chi connectivity index (χ2v) is 9.19. The third kappa shape index (κ3) is 5.09. The molecule has 0 bridgehead atoms. The van der Waals surface area contributed by atoms with Crippen LogP contribution < -0.4 is 0 Å². The fraction of sp³-hybridized carbons (Fsp3) is 0.800. The van der Waals surface area contributed by atoms with Crippen LogP contribution in [0.15, 0.2) is 0 Å². The number of hydrogen-bond donors (Lipinski definition) is 0. The molecule has 13 heavy (non-hydrogen) atoms. The molecule has 0 N–H and O–H groups in total. The standard InChI is InChI=1S/C10H19NOSi/c1-13(2,3)10-4-5-11-6-8-12-9-7-11/h5-9H2,1-3H3. The van der Waals surface area contributed by atoms with Gasteiger partial charge in [0.15, 0.2) is 0 Å². The molecule has 1 saturated heterocycles. The van der Waals surface area contributed by atoms with Crippen LogP contribution in [0.2, 0.25) is 19.6 Å². The molecule has 1 heterocycles. The normalized spacial score (nSPS) is 19.3. The molecule has 1 aliphatic heterocycles. The van der Waals surface area contributed by atoms with Crippen LogP contribution in [0.1, 0.15) is 0 Å². The van der Waals surface area contributed by atoms with E-state index in [-0.39, 0.29) is 0 Å². The summed E-state index contributed by atoms with van der Waals surface area (Å²) in [5.41, 5.74) is 3.38. The summed E-state index contributed by atoms with van der Waals surface area (Å²) >= 11 is 0. The Hall–Kier alpha value is -0.303. The summed E-state index contributed by atoms with van der Waals surface area (Å²) in [4.78, 5) is 2.36. The average Bonchev–Trinajstić information content (AvgIpc) is 2.04. The number of morpholine rings is 1. The Kier molecular flexibility index (Phi) is 3.98. The largest absolute Gasteiger partial charge is 0.379 e. The lowest BCUT2D eigenvalue weighted by Gasteiger charge is -2.24. The second kappa shape index (κ2) is 4.80. The predicted octanol–water partition coefficient (Wildman–Crippen LogP) is 1.20. The van der Waals surface area contributed by atoms with Crippen LogP contribution in [0.25, 0.3) is 0 Å². The van der Waals surface area contributed by atoms with Gasteiger partial charge in [0.2, 0.25) is 0 Å². The van der Waals surface area contributed by atoms with Crippen LogP contribution in [-0.2, 0) is 4.74 Å². The van der Waals surface area contributed by atoms with E-state index in [1.807, 2.05) is 0 Å². The molecule has 0 aliphatic carbocycles. The molecule has 0 amide bonds. The minimum Gasteiger partial charge on any atom is -0.379 e. The molecule has 0 aromatic carbocycles. The zero-order chi connectivity index (χ0) is 9.73. The predicted molar refractivity (Wildman–Crippen MR) is 58.4 cm³/mol. The van der Waals surface area contributed by atoms with Crippen molar-refractivity contribution in [2.45, 2.75) is 19.6 Å². The maximum Gasteiger partial charge on any atom is 0.129 e. The lowest BCUT2D eigenvalue weighted by Crippen LogP contribution is -2.36. The van der Waals surface area contributed by atoms with E-state index >= 15 is 0 Å². The summed E-state index contributed by atoms with van der Waals surface area (Å²) in [7, 11) is -1.16. The molecule has 0 spiro atoms. The van der Waals surface area contributed by atoms with Crippen LogP contribution in [0.4, 0.5) is 0 Å². The average molecular weight is 197 g/mol. The summed E-state index contributed by atoms with van der Waals surface area (Å²) in [6, 6.07) is 0. The molecule has 74 valence electrons. The van der Waals surface area contributed by atoms with Gasteiger partial charge in [0.25, 0.3) is 0 Å². The molecule has 1 fully saturated rings. The first-order valence-electron chi connectivity index (χ1n) is 4.88. The van der Waals surface area contributed by atoms with Gasteiger partial charge in [-0.3, -0.25) is 4.90 Å². The van der Waals surface area contributed by atoms with Crippen molar-refractivity contribution in [1.82, 2.24) is 4.90 Å². The van der Waals surface area contributed by atoms with E-state index in [9.17, 15) is 0 Å². The van der Waals surface area contributed by atoms with Crippen LogP contribution in [0, 0.1) is 11.5 Å². The lowest BCUT2D eigenvalue weighted by molar-refractivity contribution is 0.0443. The summed E-state index contributed by atoms with van der Waals surface area (Å²) < 4.78 is 5.27. The van der Waals surface area contributed by atoms with Crippen LogP contribution >= 0.6 is 0 Å². The maximum atomic E-state index is 5.27. The summed E-state index contributed by atoms with van der Waals surface area (Å²) in [6.45, 7) is 11.6. The van der Waals surface area contributed by atoms with Gasteiger partial charge in [0.05, 0.1) is 19.8 Å². The topological polar surface area (TPSA) is 12.5 Å². The monoisotopic (exact) mass is 197 g/mol. The highest BCUT2D eigenvalue weighted by molar-refractivity contribution is 6.83. The molecule has 0 radical (unpaired) electrons. The molecule has 0 aromatic heterocycles. The molecule has 2 nitrogen and oxygen atoms in total. The summed E-state index contributed by atoms with van der Waals surface area (Å²) in [6.07, 6.45) is 0. The van der Waals surface area contributed by atoms with Gasteiger partial charge >= 0.3 is 0 Å². The Balaban J connectivity index is 2.27. The quantitative estimate of drug-likeness (QED) is 0.463. The van der Waals surface area contributed by atoms with Gasteiger partial charge in [-0.1, -0.05) is 25.6 Å². The summed E-state index contributed by atoms with van der Waals surface area (Å²) in [5.74, 6) is 3.28. The maximum absolute atomic E-state index is 5.27. The van der Waals surface area contributed by atoms with Crippen molar-refractivity contribution < 1.29 is 4.74 Å². The van der Waals surface area contributed by atoms with Gasteiger partial charge in [0, 0.05) is 13.1 Å². The van der Waals surface area contributed by atoms with Crippen LogP contribution in [-0.4, -0.2) is 45.8 Å². The van der Waals surface area contributed by atoms with Crippen molar-refractivity contribution in [1.29, 1.82) is 0 Å². The highest BCUT2D eigenvalue weighted by Gasteiger charge is 2.10. The van der Waals surface area contributed by atoms with Crippen molar-refractivity contribution in [2.24, 2.45) is 0 Å². The fourth-order valence-electron chi connectivity index (χ4n) is 1.18. The molecule has 0 atom stereocenters. The molecule has 0 saturated carbocycles. The Labute approximate surface area is 82.3 Å². The van der Waals surface area contributed by atoms with Crippen molar-refractivity contribution in [2.75, 3.05) is 32.8 Å². The number of nitrogens with zero attached hydrogens (tertiary/aromatic N) is 1. The molecule has 3 heteroatoms. The minimum atomic E-state index is -1.16. The van der Waals surface area contributed by atoms with E-state index in [2.05, 4.69) is 36.0 Å². The molecular weight excluding hydrogens is 178 g/mol. The minimum absolute atomic E-state index is 0.870. The highest BCUT2D eigenvalue weighted by atomic mass is 28.3. The first-order chi connectivity index (χ1) is 6.08. The summed E-state index contributed by atoms with van der Waals surface area (Å²) in [5, 5.41) is 0. The highest BCUT2D eigenvalue weighted by Crippen LogP contribution is 1.98. The Morgan fingerprint density at radius 2 is 1.85 bits per heavy atom. The number of hydrogen-bond acceptors (Lipinski definition) is 2. The van der Waals surface area contributed by atoms with Crippen LogP contribution in [0.5, 0.6) is 0 Å². The van der Waals surface area contributed by atoms with Crippen molar-refractivity contribution in [3.05, 3.63) is 0 Å². The van der Waals surface area contributed by atoms with E-state index in [0.29, 0.717) is 0 Å². The van der Waals surface area contributed by atoms with E-state index in [4.69, 9.17) is 4.74 Å². The first-order valence-corrected chi connectivity index (χ1v) is 8.38. The van der Waals surface area contributed by atoms with Gasteiger partial charge in [0.1, 0.15) is 8.07 Å². The zero-order valence-corrected chi connectivity index (χ0v) is 9.89. The SMILES string of the molecule is C[Si](C)(C)C#CCN1CCOCC1. The third-order valence-corrected chi connectivity index (χ3v) is 2.80. The zero-order valence-electron chi connectivity index (χ0n) is 8.89. The Morgan fingerprint density at radius 1 is 1.23 bits per heavy atom. The van der Waals surface area contributed by atoms with E-state index in [0.717, 1.165) is 32.8 Å². The smallest absolute Gasteiger partial charge is 0.129 e. The van der Waals surface area contributed by atoms with Crippen molar-refractivity contribution >= 4 is 8.07 Å². The first kappa shape index (κ1) is 10.8. The Morgan fingerprint density at radius 3 is 2.38 bits per heavy atom. The number of ether oxygens (including phenoxy) is 1. The van der Waals surface area contributed by atoms with Crippen molar-refractivity contribution in [3.8, 4) is 11.5 Å². The van der Waals surface area contributed by atoms with E-state index in [1.165, 1.54) is 0 Å². The lowest BCUT2D eigenvalue weighted by atomic mass is 10.4. The van der Waals surface area contributed by atoms with Gasteiger partial charge in [-0.05, 0) is 0 Å². The second-order valence-electron chi connectivity index (χ2n) is 4.44. The van der Waals surface area contributed by atoms with Gasteiger partial charge in [-0.15, -0.1) is 5.54 Å². The van der Waals surface area contributed by atoms with E-state index < -0.39 is 8.07 Å². The van der Waals surface area contributed by atoms with Crippen LogP contribution in [0.3, 0.4) is 0 Å². The van der Waals surface area contributed by atoms with E-state index in [1.54, 1.807) is 0 Å². The Bertz CT molecular complexity index is 205.